The number of carbonyl (C=O) groups excluding carboxylic acids is 1. The van der Waals surface area contributed by atoms with E-state index in [1.54, 1.807) is 4.90 Å². The molecule has 1 aromatic rings. The average molecular weight is 402 g/mol. The van der Waals surface area contributed by atoms with Crippen LogP contribution in [0.2, 0.25) is 0 Å². The van der Waals surface area contributed by atoms with E-state index in [0.29, 0.717) is 13.1 Å². The third-order valence-corrected chi connectivity index (χ3v) is 5.76. The van der Waals surface area contributed by atoms with Crippen LogP contribution in [0.1, 0.15) is 50.7 Å². The fourth-order valence-corrected chi connectivity index (χ4v) is 4.01. The molecule has 2 rings (SSSR count). The molecule has 1 aliphatic carbocycles. The van der Waals surface area contributed by atoms with Gasteiger partial charge in [-0.1, -0.05) is 44.0 Å². The Labute approximate surface area is 176 Å². The molecule has 2 N–H and O–H groups in total. The molecule has 0 aromatic heterocycles. The van der Waals surface area contributed by atoms with E-state index in [2.05, 4.69) is 60.7 Å². The van der Waals surface area contributed by atoms with Crippen LogP contribution in [-0.2, 0) is 17.9 Å². The molecule has 1 aromatic carbocycles. The van der Waals surface area contributed by atoms with Crippen molar-refractivity contribution in [1.29, 1.82) is 0 Å². The molecule has 1 fully saturated rings. The van der Waals surface area contributed by atoms with Crippen molar-refractivity contribution in [2.24, 2.45) is 10.4 Å². The van der Waals surface area contributed by atoms with Gasteiger partial charge in [0.2, 0.25) is 5.91 Å². The van der Waals surface area contributed by atoms with Gasteiger partial charge in [-0.25, -0.2) is 4.99 Å². The van der Waals surface area contributed by atoms with Gasteiger partial charge in [0.15, 0.2) is 5.96 Å². The van der Waals surface area contributed by atoms with Crippen molar-refractivity contribution >= 4 is 11.9 Å². The predicted molar refractivity (Wildman–Crippen MR) is 121 cm³/mol. The van der Waals surface area contributed by atoms with Crippen molar-refractivity contribution in [3.63, 3.8) is 0 Å². The van der Waals surface area contributed by atoms with Gasteiger partial charge in [0.1, 0.15) is 0 Å². The Bertz CT molecular complexity index is 680. The number of rotatable bonds is 9. The molecule has 1 aliphatic rings. The number of hydrogen-bond donors (Lipinski definition) is 2. The normalized spacial score (nSPS) is 16.1. The van der Waals surface area contributed by atoms with Crippen LogP contribution in [0.15, 0.2) is 29.3 Å². The molecule has 0 spiro atoms. The zero-order valence-corrected chi connectivity index (χ0v) is 18.9. The van der Waals surface area contributed by atoms with Crippen molar-refractivity contribution in [2.75, 3.05) is 40.8 Å². The Morgan fingerprint density at radius 2 is 1.79 bits per heavy atom. The van der Waals surface area contributed by atoms with E-state index in [4.69, 9.17) is 4.99 Å². The maximum atomic E-state index is 12.8. The Morgan fingerprint density at radius 1 is 1.10 bits per heavy atom. The highest BCUT2D eigenvalue weighted by atomic mass is 16.2. The van der Waals surface area contributed by atoms with Crippen molar-refractivity contribution in [3.8, 4) is 0 Å². The molecule has 0 bridgehead atoms. The summed E-state index contributed by atoms with van der Waals surface area (Å²) in [5.74, 6) is 1.01. The highest BCUT2D eigenvalue weighted by Gasteiger charge is 2.42. The molecule has 0 radical (unpaired) electrons. The summed E-state index contributed by atoms with van der Waals surface area (Å²) in [5.41, 5.74) is 2.20. The fourth-order valence-electron chi connectivity index (χ4n) is 4.01. The molecule has 0 saturated heterocycles. The maximum Gasteiger partial charge on any atom is 0.230 e. The topological polar surface area (TPSA) is 60.0 Å². The lowest BCUT2D eigenvalue weighted by Crippen LogP contribution is -2.49. The summed E-state index contributed by atoms with van der Waals surface area (Å²) in [6.45, 7) is 8.26. The van der Waals surface area contributed by atoms with E-state index in [0.717, 1.165) is 51.3 Å². The maximum absolute atomic E-state index is 12.8. The molecule has 0 aliphatic heterocycles. The van der Waals surface area contributed by atoms with Gasteiger partial charge < -0.3 is 20.4 Å². The first-order chi connectivity index (χ1) is 13.9. The number of amides is 1. The zero-order valence-electron chi connectivity index (χ0n) is 18.9. The third kappa shape index (κ3) is 6.74. The van der Waals surface area contributed by atoms with E-state index in [-0.39, 0.29) is 11.3 Å². The molecule has 29 heavy (non-hydrogen) atoms. The molecule has 0 heterocycles. The van der Waals surface area contributed by atoms with E-state index in [1.165, 1.54) is 11.1 Å². The van der Waals surface area contributed by atoms with Crippen LogP contribution in [0, 0.1) is 5.41 Å². The highest BCUT2D eigenvalue weighted by molar-refractivity contribution is 5.85. The molecular weight excluding hydrogens is 362 g/mol. The van der Waals surface area contributed by atoms with E-state index in [1.807, 2.05) is 14.1 Å². The predicted octanol–water partition coefficient (Wildman–Crippen LogP) is 2.84. The van der Waals surface area contributed by atoms with Gasteiger partial charge in [-0.15, -0.1) is 0 Å². The molecule has 0 atom stereocenters. The van der Waals surface area contributed by atoms with Gasteiger partial charge in [-0.3, -0.25) is 4.79 Å². The van der Waals surface area contributed by atoms with E-state index in [9.17, 15) is 4.79 Å². The Morgan fingerprint density at radius 3 is 2.41 bits per heavy atom. The first-order valence-corrected chi connectivity index (χ1v) is 10.9. The quantitative estimate of drug-likeness (QED) is 0.493. The van der Waals surface area contributed by atoms with E-state index >= 15 is 0 Å². The zero-order chi connectivity index (χ0) is 21.3. The average Bonchev–Trinajstić information content (AvgIpc) is 3.19. The number of aliphatic imine (C=N–C) groups is 1. The minimum absolute atomic E-state index is 0.228. The number of carbonyl (C=O) groups is 1. The summed E-state index contributed by atoms with van der Waals surface area (Å²) in [6.07, 6.45) is 4.13. The lowest BCUT2D eigenvalue weighted by atomic mass is 9.84. The Kier molecular flexibility index (Phi) is 8.96. The molecule has 162 valence electrons. The molecule has 1 amide bonds. The second kappa shape index (κ2) is 11.2. The summed E-state index contributed by atoms with van der Waals surface area (Å²) < 4.78 is 0. The van der Waals surface area contributed by atoms with Gasteiger partial charge in [0.25, 0.3) is 0 Å². The lowest BCUT2D eigenvalue weighted by Gasteiger charge is -2.31. The largest absolute Gasteiger partial charge is 0.357 e. The summed E-state index contributed by atoms with van der Waals surface area (Å²) in [4.78, 5) is 21.6. The first-order valence-electron chi connectivity index (χ1n) is 10.9. The van der Waals surface area contributed by atoms with Gasteiger partial charge >= 0.3 is 0 Å². The summed E-state index contributed by atoms with van der Waals surface area (Å²) in [6, 6.07) is 8.62. The van der Waals surface area contributed by atoms with Crippen molar-refractivity contribution < 1.29 is 4.79 Å². The summed E-state index contributed by atoms with van der Waals surface area (Å²) in [5, 5.41) is 6.77. The van der Waals surface area contributed by atoms with E-state index < -0.39 is 0 Å². The molecular formula is C23H39N5O. The van der Waals surface area contributed by atoms with Crippen LogP contribution in [-0.4, -0.2) is 62.4 Å². The van der Waals surface area contributed by atoms with Gasteiger partial charge in [-0.2, -0.15) is 0 Å². The first kappa shape index (κ1) is 23.2. The number of benzene rings is 1. The lowest BCUT2D eigenvalue weighted by molar-refractivity contribution is -0.138. The SMILES string of the molecule is CCNC(=NCc1cccc(CN(C)CC)c1)NCC1(C(=O)N(C)C)CCCC1. The van der Waals surface area contributed by atoms with Crippen LogP contribution in [0.4, 0.5) is 0 Å². The van der Waals surface area contributed by atoms with Crippen molar-refractivity contribution in [3.05, 3.63) is 35.4 Å². The number of hydrogen-bond acceptors (Lipinski definition) is 3. The number of guanidine groups is 1. The van der Waals surface area contributed by atoms with Crippen LogP contribution in [0.25, 0.3) is 0 Å². The Hall–Kier alpha value is -2.08. The smallest absolute Gasteiger partial charge is 0.230 e. The molecule has 1 saturated carbocycles. The van der Waals surface area contributed by atoms with Gasteiger partial charge in [-0.05, 0) is 44.5 Å². The minimum atomic E-state index is -0.301. The second-order valence-electron chi connectivity index (χ2n) is 8.39. The van der Waals surface area contributed by atoms with Crippen LogP contribution >= 0.6 is 0 Å². The minimum Gasteiger partial charge on any atom is -0.357 e. The second-order valence-corrected chi connectivity index (χ2v) is 8.39. The van der Waals surface area contributed by atoms with Gasteiger partial charge in [0.05, 0.1) is 12.0 Å². The van der Waals surface area contributed by atoms with Crippen LogP contribution < -0.4 is 10.6 Å². The van der Waals surface area contributed by atoms with Gasteiger partial charge in [0, 0.05) is 33.7 Å². The number of nitrogens with zero attached hydrogens (tertiary/aromatic N) is 3. The standard InChI is InChI=1S/C23H39N5O/c1-6-24-22(26-18-23(13-8-9-14-23)21(29)27(3)4)25-16-19-11-10-12-20(15-19)17-28(5)7-2/h10-12,15H,6-9,13-14,16-18H2,1-5H3,(H2,24,25,26). The van der Waals surface area contributed by atoms with Crippen LogP contribution in [0.3, 0.4) is 0 Å². The monoisotopic (exact) mass is 401 g/mol. The summed E-state index contributed by atoms with van der Waals surface area (Å²) >= 11 is 0. The number of nitrogens with one attached hydrogen (secondary N) is 2. The molecule has 6 nitrogen and oxygen atoms in total. The molecule has 6 heteroatoms. The summed E-state index contributed by atoms with van der Waals surface area (Å²) in [7, 11) is 5.83. The fraction of sp³-hybridized carbons (Fsp3) is 0.652. The Balaban J connectivity index is 2.04. The molecule has 0 unspecified atom stereocenters. The van der Waals surface area contributed by atoms with Crippen LogP contribution in [0.5, 0.6) is 0 Å². The van der Waals surface area contributed by atoms with Crippen molar-refractivity contribution in [2.45, 2.75) is 52.6 Å². The highest BCUT2D eigenvalue weighted by Crippen LogP contribution is 2.38. The third-order valence-electron chi connectivity index (χ3n) is 5.76. The van der Waals surface area contributed by atoms with Crippen molar-refractivity contribution in [1.82, 2.24) is 20.4 Å².